The van der Waals surface area contributed by atoms with Gasteiger partial charge < -0.3 is 5.32 Å². The minimum absolute atomic E-state index is 0.663. The quantitative estimate of drug-likeness (QED) is 0.860. The van der Waals surface area contributed by atoms with E-state index in [9.17, 15) is 0 Å². The predicted octanol–water partition coefficient (Wildman–Crippen LogP) is 2.92. The molecule has 2 nitrogen and oxygen atoms in total. The van der Waals surface area contributed by atoms with Crippen molar-refractivity contribution in [1.29, 1.82) is 0 Å². The first kappa shape index (κ1) is 12.2. The number of likely N-dealkylation sites (N-methyl/N-ethyl adjacent to an activating group) is 1. The van der Waals surface area contributed by atoms with E-state index >= 15 is 0 Å². The van der Waals surface area contributed by atoms with Crippen LogP contribution in [-0.4, -0.2) is 31.1 Å². The van der Waals surface area contributed by atoms with Crippen LogP contribution in [0, 0.1) is 0 Å². The summed E-state index contributed by atoms with van der Waals surface area (Å²) < 4.78 is 0. The number of nitrogens with zero attached hydrogens (tertiary/aromatic N) is 1. The first-order valence-corrected chi connectivity index (χ1v) is 7.29. The van der Waals surface area contributed by atoms with Gasteiger partial charge in [-0.05, 0) is 43.4 Å². The Kier molecular flexibility index (Phi) is 3.40. The molecule has 0 radical (unpaired) electrons. The van der Waals surface area contributed by atoms with Crippen molar-refractivity contribution in [3.8, 4) is 0 Å². The molecule has 3 unspecified atom stereocenters. The van der Waals surface area contributed by atoms with Crippen LogP contribution in [0.25, 0.3) is 0 Å². The third kappa shape index (κ3) is 2.08. The van der Waals surface area contributed by atoms with Crippen molar-refractivity contribution in [3.05, 3.63) is 35.4 Å². The summed E-state index contributed by atoms with van der Waals surface area (Å²) in [4.78, 5) is 2.69. The van der Waals surface area contributed by atoms with E-state index in [1.54, 1.807) is 11.1 Å². The topological polar surface area (TPSA) is 15.3 Å². The lowest BCUT2D eigenvalue weighted by atomic mass is 9.80. The zero-order valence-electron chi connectivity index (χ0n) is 11.5. The smallest absolute Gasteiger partial charge is 0.0351 e. The molecule has 1 aliphatic heterocycles. The van der Waals surface area contributed by atoms with Crippen LogP contribution in [0.2, 0.25) is 0 Å². The summed E-state index contributed by atoms with van der Waals surface area (Å²) in [5.41, 5.74) is 3.18. The Labute approximate surface area is 110 Å². The molecular weight excluding hydrogens is 220 g/mol. The second kappa shape index (κ2) is 5.02. The van der Waals surface area contributed by atoms with Gasteiger partial charge in [-0.3, -0.25) is 4.90 Å². The number of hydrogen-bond donors (Lipinski definition) is 1. The van der Waals surface area contributed by atoms with Crippen molar-refractivity contribution in [3.63, 3.8) is 0 Å². The average molecular weight is 244 g/mol. The van der Waals surface area contributed by atoms with E-state index in [0.29, 0.717) is 12.1 Å². The van der Waals surface area contributed by atoms with Crippen LogP contribution >= 0.6 is 0 Å². The molecule has 1 saturated heterocycles. The second-order valence-corrected chi connectivity index (χ2v) is 5.89. The third-order valence-corrected chi connectivity index (χ3v) is 4.83. The molecule has 2 aliphatic rings. The number of hydrogen-bond acceptors (Lipinski definition) is 2. The summed E-state index contributed by atoms with van der Waals surface area (Å²) in [5.74, 6) is 0.736. The van der Waals surface area contributed by atoms with E-state index in [1.807, 2.05) is 0 Å². The normalized spacial score (nSPS) is 32.4. The maximum atomic E-state index is 3.42. The van der Waals surface area contributed by atoms with Gasteiger partial charge in [0.05, 0.1) is 0 Å². The summed E-state index contributed by atoms with van der Waals surface area (Å²) in [6.07, 6.45) is 3.96. The van der Waals surface area contributed by atoms with Crippen LogP contribution < -0.4 is 5.32 Å². The van der Waals surface area contributed by atoms with E-state index in [1.165, 1.54) is 32.4 Å². The molecular formula is C16H24N2. The first-order valence-electron chi connectivity index (χ1n) is 7.29. The Morgan fingerprint density at radius 1 is 1.11 bits per heavy atom. The Morgan fingerprint density at radius 2 is 1.89 bits per heavy atom. The standard InChI is InChI=1S/C16H24N2/c1-12-7-8-16(15-6-4-3-5-14(12)15)18-10-9-13(11-18)17-2/h3-6,12-13,16-17H,7-11H2,1-2H3. The predicted molar refractivity (Wildman–Crippen MR) is 75.9 cm³/mol. The Hall–Kier alpha value is -0.860. The van der Waals surface area contributed by atoms with Gasteiger partial charge in [0, 0.05) is 25.2 Å². The maximum Gasteiger partial charge on any atom is 0.0351 e. The molecule has 1 aromatic carbocycles. The second-order valence-electron chi connectivity index (χ2n) is 5.89. The molecule has 0 spiro atoms. The average Bonchev–Trinajstić information content (AvgIpc) is 2.88. The molecule has 0 aromatic heterocycles. The highest BCUT2D eigenvalue weighted by Gasteiger charge is 2.32. The summed E-state index contributed by atoms with van der Waals surface area (Å²) in [5, 5.41) is 3.42. The van der Waals surface area contributed by atoms with E-state index < -0.39 is 0 Å². The molecule has 2 heteroatoms. The molecule has 0 amide bonds. The summed E-state index contributed by atoms with van der Waals surface area (Å²) in [7, 11) is 2.09. The van der Waals surface area contributed by atoms with Crippen LogP contribution in [0.5, 0.6) is 0 Å². The molecule has 0 saturated carbocycles. The minimum atomic E-state index is 0.663. The van der Waals surface area contributed by atoms with Crippen molar-refractivity contribution in [2.45, 2.75) is 44.2 Å². The van der Waals surface area contributed by atoms with Crippen LogP contribution in [0.1, 0.15) is 49.3 Å². The van der Waals surface area contributed by atoms with Crippen molar-refractivity contribution >= 4 is 0 Å². The highest BCUT2D eigenvalue weighted by molar-refractivity contribution is 5.35. The van der Waals surface area contributed by atoms with Gasteiger partial charge in [0.25, 0.3) is 0 Å². The molecule has 0 bridgehead atoms. The van der Waals surface area contributed by atoms with Crippen LogP contribution in [0.4, 0.5) is 0 Å². The molecule has 1 aromatic rings. The van der Waals surface area contributed by atoms with Gasteiger partial charge in [-0.2, -0.15) is 0 Å². The summed E-state index contributed by atoms with van der Waals surface area (Å²) in [6, 6.07) is 10.4. The van der Waals surface area contributed by atoms with E-state index in [2.05, 4.69) is 48.5 Å². The van der Waals surface area contributed by atoms with Crippen molar-refractivity contribution < 1.29 is 0 Å². The van der Waals surface area contributed by atoms with E-state index in [0.717, 1.165) is 5.92 Å². The van der Waals surface area contributed by atoms with Crippen LogP contribution in [0.15, 0.2) is 24.3 Å². The lowest BCUT2D eigenvalue weighted by Gasteiger charge is -2.35. The lowest BCUT2D eigenvalue weighted by molar-refractivity contribution is 0.211. The maximum absolute atomic E-state index is 3.42. The molecule has 1 fully saturated rings. The fourth-order valence-electron chi connectivity index (χ4n) is 3.67. The Bertz CT molecular complexity index is 415. The molecule has 1 N–H and O–H groups in total. The summed E-state index contributed by atoms with van der Waals surface area (Å²) >= 11 is 0. The van der Waals surface area contributed by atoms with Crippen molar-refractivity contribution in [1.82, 2.24) is 10.2 Å². The van der Waals surface area contributed by atoms with Gasteiger partial charge in [-0.15, -0.1) is 0 Å². The highest BCUT2D eigenvalue weighted by atomic mass is 15.2. The number of fused-ring (bicyclic) bond motifs is 1. The summed E-state index contributed by atoms with van der Waals surface area (Å²) in [6.45, 7) is 4.83. The third-order valence-electron chi connectivity index (χ3n) is 4.83. The molecule has 3 rings (SSSR count). The van der Waals surface area contributed by atoms with Gasteiger partial charge in [-0.25, -0.2) is 0 Å². The number of rotatable bonds is 2. The molecule has 1 heterocycles. The highest BCUT2D eigenvalue weighted by Crippen LogP contribution is 2.41. The SMILES string of the molecule is CNC1CCN(C2CCC(C)c3ccccc32)C1. The number of nitrogens with one attached hydrogen (secondary N) is 1. The lowest BCUT2D eigenvalue weighted by Crippen LogP contribution is -2.33. The van der Waals surface area contributed by atoms with Crippen molar-refractivity contribution in [2.75, 3.05) is 20.1 Å². The van der Waals surface area contributed by atoms with E-state index in [4.69, 9.17) is 0 Å². The van der Waals surface area contributed by atoms with Gasteiger partial charge in [0.15, 0.2) is 0 Å². The van der Waals surface area contributed by atoms with E-state index in [-0.39, 0.29) is 0 Å². The molecule has 1 aliphatic carbocycles. The van der Waals surface area contributed by atoms with Gasteiger partial charge in [0.1, 0.15) is 0 Å². The number of likely N-dealkylation sites (tertiary alicyclic amines) is 1. The van der Waals surface area contributed by atoms with Gasteiger partial charge in [0.2, 0.25) is 0 Å². The monoisotopic (exact) mass is 244 g/mol. The number of benzene rings is 1. The van der Waals surface area contributed by atoms with Crippen LogP contribution in [0.3, 0.4) is 0 Å². The minimum Gasteiger partial charge on any atom is -0.316 e. The fourth-order valence-corrected chi connectivity index (χ4v) is 3.67. The Morgan fingerprint density at radius 3 is 2.61 bits per heavy atom. The fraction of sp³-hybridized carbons (Fsp3) is 0.625. The zero-order chi connectivity index (χ0) is 12.5. The zero-order valence-corrected chi connectivity index (χ0v) is 11.5. The Balaban J connectivity index is 1.84. The molecule has 3 atom stereocenters. The first-order chi connectivity index (χ1) is 8.79. The molecule has 98 valence electrons. The van der Waals surface area contributed by atoms with Crippen LogP contribution in [-0.2, 0) is 0 Å². The van der Waals surface area contributed by atoms with Gasteiger partial charge in [-0.1, -0.05) is 31.2 Å². The molecule has 18 heavy (non-hydrogen) atoms. The van der Waals surface area contributed by atoms with Gasteiger partial charge >= 0.3 is 0 Å². The largest absolute Gasteiger partial charge is 0.316 e. The van der Waals surface area contributed by atoms with Crippen molar-refractivity contribution in [2.24, 2.45) is 0 Å².